The van der Waals surface area contributed by atoms with Gasteiger partial charge >= 0.3 is 0 Å². The number of hydrogen-bond acceptors (Lipinski definition) is 2. The third-order valence-corrected chi connectivity index (χ3v) is 3.28. The molecule has 1 heterocycles. The van der Waals surface area contributed by atoms with Crippen LogP contribution in [-0.4, -0.2) is 16.9 Å². The zero-order valence-corrected chi connectivity index (χ0v) is 10.0. The molecule has 0 saturated heterocycles. The highest BCUT2D eigenvalue weighted by Crippen LogP contribution is 2.23. The van der Waals surface area contributed by atoms with Gasteiger partial charge in [-0.25, -0.2) is 0 Å². The standard InChI is InChI=1S/C13H18N2O2/c1-9-4-2-5-10(8-9)14-13(17)11-6-3-7-12(16)15-11/h3,6-7,9-10H,2,4-5,8H2,1H3,(H,14,17)(H,15,16). The van der Waals surface area contributed by atoms with Crippen LogP contribution >= 0.6 is 0 Å². The van der Waals surface area contributed by atoms with Crippen LogP contribution in [0, 0.1) is 5.92 Å². The van der Waals surface area contributed by atoms with Crippen LogP contribution in [0.25, 0.3) is 0 Å². The van der Waals surface area contributed by atoms with Crippen molar-refractivity contribution < 1.29 is 4.79 Å². The Morgan fingerprint density at radius 3 is 2.94 bits per heavy atom. The van der Waals surface area contributed by atoms with Crippen molar-refractivity contribution in [3.63, 3.8) is 0 Å². The Labute approximate surface area is 100 Å². The van der Waals surface area contributed by atoms with Crippen molar-refractivity contribution >= 4 is 5.91 Å². The lowest BCUT2D eigenvalue weighted by Crippen LogP contribution is -2.38. The monoisotopic (exact) mass is 234 g/mol. The van der Waals surface area contributed by atoms with Gasteiger partial charge in [0, 0.05) is 12.1 Å². The second kappa shape index (κ2) is 5.17. The van der Waals surface area contributed by atoms with Gasteiger partial charge in [0.2, 0.25) is 5.56 Å². The van der Waals surface area contributed by atoms with Crippen LogP contribution in [0.2, 0.25) is 0 Å². The number of amides is 1. The molecule has 1 saturated carbocycles. The van der Waals surface area contributed by atoms with E-state index in [4.69, 9.17) is 0 Å². The van der Waals surface area contributed by atoms with E-state index in [-0.39, 0.29) is 17.5 Å². The van der Waals surface area contributed by atoms with Crippen molar-refractivity contribution in [1.82, 2.24) is 10.3 Å². The van der Waals surface area contributed by atoms with E-state index in [1.165, 1.54) is 12.5 Å². The fraction of sp³-hybridized carbons (Fsp3) is 0.538. The van der Waals surface area contributed by atoms with Crippen molar-refractivity contribution in [3.8, 4) is 0 Å². The number of aromatic nitrogens is 1. The van der Waals surface area contributed by atoms with Crippen LogP contribution in [0.3, 0.4) is 0 Å². The molecule has 0 radical (unpaired) electrons. The fourth-order valence-electron chi connectivity index (χ4n) is 2.41. The third kappa shape index (κ3) is 3.19. The summed E-state index contributed by atoms with van der Waals surface area (Å²) in [6.07, 6.45) is 4.47. The Morgan fingerprint density at radius 1 is 1.41 bits per heavy atom. The Balaban J connectivity index is 1.99. The molecule has 1 fully saturated rings. The highest BCUT2D eigenvalue weighted by atomic mass is 16.2. The van der Waals surface area contributed by atoms with Gasteiger partial charge < -0.3 is 10.3 Å². The molecule has 1 aromatic heterocycles. The van der Waals surface area contributed by atoms with Crippen molar-refractivity contribution in [2.75, 3.05) is 0 Å². The molecule has 4 nitrogen and oxygen atoms in total. The first-order valence-corrected chi connectivity index (χ1v) is 6.15. The molecule has 1 aliphatic carbocycles. The van der Waals surface area contributed by atoms with Crippen molar-refractivity contribution in [1.29, 1.82) is 0 Å². The molecular formula is C13H18N2O2. The molecular weight excluding hydrogens is 216 g/mol. The van der Waals surface area contributed by atoms with E-state index in [2.05, 4.69) is 17.2 Å². The van der Waals surface area contributed by atoms with Gasteiger partial charge in [-0.1, -0.05) is 25.8 Å². The van der Waals surface area contributed by atoms with Gasteiger partial charge in [-0.3, -0.25) is 9.59 Å². The SMILES string of the molecule is CC1CCCC(NC(=O)c2cccc(=O)[nH]2)C1. The minimum absolute atomic E-state index is 0.179. The molecule has 92 valence electrons. The van der Waals surface area contributed by atoms with Crippen LogP contribution in [0.5, 0.6) is 0 Å². The normalized spacial score (nSPS) is 24.3. The Kier molecular flexibility index (Phi) is 3.61. The molecule has 2 rings (SSSR count). The maximum atomic E-state index is 11.9. The summed E-state index contributed by atoms with van der Waals surface area (Å²) in [5.41, 5.74) is 0.102. The topological polar surface area (TPSA) is 62.0 Å². The van der Waals surface area contributed by atoms with Gasteiger partial charge in [-0.15, -0.1) is 0 Å². The van der Waals surface area contributed by atoms with E-state index in [1.54, 1.807) is 12.1 Å². The maximum Gasteiger partial charge on any atom is 0.268 e. The number of carbonyl (C=O) groups excluding carboxylic acids is 1. The smallest absolute Gasteiger partial charge is 0.268 e. The third-order valence-electron chi connectivity index (χ3n) is 3.28. The maximum absolute atomic E-state index is 11.9. The zero-order chi connectivity index (χ0) is 12.3. The summed E-state index contributed by atoms with van der Waals surface area (Å²) in [6.45, 7) is 2.21. The number of carbonyl (C=O) groups is 1. The highest BCUT2D eigenvalue weighted by Gasteiger charge is 2.20. The van der Waals surface area contributed by atoms with Crippen molar-refractivity contribution in [2.24, 2.45) is 5.92 Å². The predicted molar refractivity (Wildman–Crippen MR) is 65.9 cm³/mol. The summed E-state index contributed by atoms with van der Waals surface area (Å²) >= 11 is 0. The van der Waals surface area contributed by atoms with Crippen molar-refractivity contribution in [3.05, 3.63) is 34.2 Å². The van der Waals surface area contributed by atoms with Gasteiger partial charge in [0.25, 0.3) is 5.91 Å². The van der Waals surface area contributed by atoms with E-state index in [1.807, 2.05) is 0 Å². The minimum atomic E-state index is -0.241. The molecule has 0 aliphatic heterocycles. The van der Waals surface area contributed by atoms with Crippen LogP contribution in [0.15, 0.2) is 23.0 Å². The summed E-state index contributed by atoms with van der Waals surface area (Å²) in [7, 11) is 0. The Hall–Kier alpha value is -1.58. The van der Waals surface area contributed by atoms with Gasteiger partial charge in [-0.2, -0.15) is 0 Å². The second-order valence-corrected chi connectivity index (χ2v) is 4.87. The van der Waals surface area contributed by atoms with E-state index < -0.39 is 0 Å². The predicted octanol–water partition coefficient (Wildman–Crippen LogP) is 1.68. The fourth-order valence-corrected chi connectivity index (χ4v) is 2.41. The van der Waals surface area contributed by atoms with Gasteiger partial charge in [-0.05, 0) is 24.8 Å². The van der Waals surface area contributed by atoms with Crippen molar-refractivity contribution in [2.45, 2.75) is 38.6 Å². The number of nitrogens with one attached hydrogen (secondary N) is 2. The summed E-state index contributed by atoms with van der Waals surface area (Å²) < 4.78 is 0. The number of pyridine rings is 1. The Bertz CT molecular complexity index is 453. The quantitative estimate of drug-likeness (QED) is 0.818. The molecule has 1 amide bonds. The molecule has 0 bridgehead atoms. The van der Waals surface area contributed by atoms with E-state index in [0.717, 1.165) is 19.3 Å². The van der Waals surface area contributed by atoms with Crippen LogP contribution in [0.1, 0.15) is 43.1 Å². The lowest BCUT2D eigenvalue weighted by molar-refractivity contribution is 0.0916. The van der Waals surface area contributed by atoms with Gasteiger partial charge in [0.15, 0.2) is 0 Å². The lowest BCUT2D eigenvalue weighted by Gasteiger charge is -2.27. The summed E-state index contributed by atoms with van der Waals surface area (Å²) in [5.74, 6) is 0.491. The van der Waals surface area contributed by atoms with E-state index in [9.17, 15) is 9.59 Å². The largest absolute Gasteiger partial charge is 0.348 e. The minimum Gasteiger partial charge on any atom is -0.348 e. The summed E-state index contributed by atoms with van der Waals surface area (Å²) in [6, 6.07) is 4.87. The summed E-state index contributed by atoms with van der Waals surface area (Å²) in [5, 5.41) is 2.98. The Morgan fingerprint density at radius 2 is 2.24 bits per heavy atom. The van der Waals surface area contributed by atoms with Crippen LogP contribution in [-0.2, 0) is 0 Å². The zero-order valence-electron chi connectivity index (χ0n) is 10.0. The number of aromatic amines is 1. The first-order chi connectivity index (χ1) is 8.15. The molecule has 2 unspecified atom stereocenters. The molecule has 17 heavy (non-hydrogen) atoms. The molecule has 4 heteroatoms. The number of H-pyrrole nitrogens is 1. The first-order valence-electron chi connectivity index (χ1n) is 6.15. The average molecular weight is 234 g/mol. The van der Waals surface area contributed by atoms with E-state index in [0.29, 0.717) is 11.6 Å². The molecule has 1 aromatic rings. The number of hydrogen-bond donors (Lipinski definition) is 2. The molecule has 2 N–H and O–H groups in total. The molecule has 1 aliphatic rings. The van der Waals surface area contributed by atoms with Gasteiger partial charge in [0.1, 0.15) is 5.69 Å². The van der Waals surface area contributed by atoms with Crippen LogP contribution < -0.4 is 10.9 Å². The summed E-state index contributed by atoms with van der Waals surface area (Å²) in [4.78, 5) is 25.5. The van der Waals surface area contributed by atoms with Gasteiger partial charge in [0.05, 0.1) is 0 Å². The highest BCUT2D eigenvalue weighted by molar-refractivity contribution is 5.92. The second-order valence-electron chi connectivity index (χ2n) is 4.87. The molecule has 0 spiro atoms. The molecule has 2 atom stereocenters. The first kappa shape index (κ1) is 11.9. The average Bonchev–Trinajstić information content (AvgIpc) is 2.29. The molecule has 0 aromatic carbocycles. The number of rotatable bonds is 2. The van der Waals surface area contributed by atoms with E-state index >= 15 is 0 Å². The lowest BCUT2D eigenvalue weighted by atomic mass is 9.87. The van der Waals surface area contributed by atoms with Crippen LogP contribution in [0.4, 0.5) is 0 Å².